The van der Waals surface area contributed by atoms with Crippen LogP contribution in [0.5, 0.6) is 0 Å². The summed E-state index contributed by atoms with van der Waals surface area (Å²) >= 11 is 0. The van der Waals surface area contributed by atoms with E-state index in [1.54, 1.807) is 0 Å². The maximum Gasteiger partial charge on any atom is 0.466 e. The monoisotopic (exact) mass is 534 g/mol. The van der Waals surface area contributed by atoms with E-state index in [2.05, 4.69) is 37.0 Å². The van der Waals surface area contributed by atoms with Crippen LogP contribution in [0.2, 0.25) is 0 Å². The summed E-state index contributed by atoms with van der Waals surface area (Å²) in [4.78, 5) is 41.2. The molecule has 0 radical (unpaired) electrons. The predicted molar refractivity (Wildman–Crippen MR) is 122 cm³/mol. The molecule has 0 aromatic heterocycles. The van der Waals surface area contributed by atoms with Gasteiger partial charge in [0.15, 0.2) is 0 Å². The third-order valence-electron chi connectivity index (χ3n) is 5.01. The van der Waals surface area contributed by atoms with E-state index in [4.69, 9.17) is 33.9 Å². The van der Waals surface area contributed by atoms with Crippen molar-refractivity contribution in [3.05, 3.63) is 11.8 Å². The van der Waals surface area contributed by atoms with Gasteiger partial charge in [-0.25, -0.2) is 14.3 Å². The van der Waals surface area contributed by atoms with Crippen LogP contribution in [0.15, 0.2) is 11.8 Å². The normalized spacial score (nSPS) is 16.0. The lowest BCUT2D eigenvalue weighted by Crippen LogP contribution is -2.17. The van der Waals surface area contributed by atoms with Gasteiger partial charge in [0.2, 0.25) is 0 Å². The second-order valence-electron chi connectivity index (χ2n) is 8.16. The summed E-state index contributed by atoms with van der Waals surface area (Å²) in [6.45, 7) is 4.26. The Labute approximate surface area is 207 Å². The second-order valence-corrected chi connectivity index (χ2v) is 9.19. The first kappa shape index (κ1) is 34.3. The van der Waals surface area contributed by atoms with Crippen molar-refractivity contribution in [1.29, 1.82) is 0 Å². The van der Waals surface area contributed by atoms with Crippen molar-refractivity contribution < 1.29 is 64.0 Å². The zero-order valence-corrected chi connectivity index (χ0v) is 21.9. The lowest BCUT2D eigenvalue weighted by Gasteiger charge is -2.18. The Morgan fingerprint density at radius 1 is 0.914 bits per heavy atom. The highest BCUT2D eigenvalue weighted by Gasteiger charge is 2.16. The van der Waals surface area contributed by atoms with Crippen molar-refractivity contribution in [3.8, 4) is 0 Å². The highest BCUT2D eigenvalue weighted by Crippen LogP contribution is 2.26. The smallest absolute Gasteiger partial charge is 0.313 e. The quantitative estimate of drug-likeness (QED) is 0.0612. The van der Waals surface area contributed by atoms with Crippen LogP contribution in [0.1, 0.15) is 97.3 Å². The highest BCUT2D eigenvalue weighted by molar-refractivity contribution is 7.45. The van der Waals surface area contributed by atoms with Gasteiger partial charge in [0.05, 0.1) is 19.8 Å². The number of hydrogen-bond donors (Lipinski definition) is 3. The first-order valence-electron chi connectivity index (χ1n) is 12.1. The lowest BCUT2D eigenvalue weighted by molar-refractivity contribution is -0.760. The Balaban J connectivity index is 0.00000209. The Kier molecular flexibility index (Phi) is 23.3. The molecule has 0 spiro atoms. The van der Waals surface area contributed by atoms with Crippen LogP contribution in [0.4, 0.5) is 0 Å². The Morgan fingerprint density at radius 2 is 1.51 bits per heavy atom. The predicted octanol–water partition coefficient (Wildman–Crippen LogP) is 5.24. The molecule has 0 aromatic rings. The molecule has 1 unspecified atom stereocenters. The summed E-state index contributed by atoms with van der Waals surface area (Å²) < 4.78 is 8.88. The molecule has 0 amide bonds. The minimum Gasteiger partial charge on any atom is -0.313 e. The molecular weight excluding hydrogens is 491 g/mol. The van der Waals surface area contributed by atoms with Gasteiger partial charge in [-0.05, 0) is 57.0 Å². The van der Waals surface area contributed by atoms with E-state index >= 15 is 0 Å². The molecule has 0 aromatic carbocycles. The maximum atomic E-state index is 8.88. The average Bonchev–Trinajstić information content (AvgIpc) is 2.81. The molecule has 14 heteroatoms. The summed E-state index contributed by atoms with van der Waals surface area (Å²) in [6.07, 6.45) is 17.0. The fourth-order valence-electron chi connectivity index (χ4n) is 3.22. The summed E-state index contributed by atoms with van der Waals surface area (Å²) in [5.74, 6) is 0.428. The van der Waals surface area contributed by atoms with Crippen molar-refractivity contribution in [2.24, 2.45) is 5.92 Å². The third-order valence-corrected chi connectivity index (χ3v) is 5.01. The van der Waals surface area contributed by atoms with E-state index in [9.17, 15) is 0 Å². The first-order chi connectivity index (χ1) is 16.8. The summed E-state index contributed by atoms with van der Waals surface area (Å²) in [5, 5.41) is 22.2. The zero-order valence-electron chi connectivity index (χ0n) is 21.0. The fourth-order valence-corrected chi connectivity index (χ4v) is 3.22. The van der Waals surface area contributed by atoms with Gasteiger partial charge < -0.3 is 19.6 Å². The molecule has 1 atom stereocenters. The molecule has 3 N–H and O–H groups in total. The Bertz CT molecular complexity index is 529. The Hall–Kier alpha value is -0.670. The van der Waals surface area contributed by atoms with E-state index in [1.807, 2.05) is 13.0 Å². The molecule has 0 bridgehead atoms. The van der Waals surface area contributed by atoms with Crippen LogP contribution in [-0.4, -0.2) is 34.5 Å². The van der Waals surface area contributed by atoms with Gasteiger partial charge in [-0.3, -0.25) is 0 Å². The van der Waals surface area contributed by atoms with Gasteiger partial charge in [-0.15, -0.1) is 0 Å². The summed E-state index contributed by atoms with van der Waals surface area (Å²) in [6, 6.07) is 0. The van der Waals surface area contributed by atoms with Gasteiger partial charge in [-0.2, -0.15) is 4.89 Å². The van der Waals surface area contributed by atoms with Crippen molar-refractivity contribution in [3.63, 3.8) is 0 Å². The summed E-state index contributed by atoms with van der Waals surface area (Å²) in [5.41, 5.74) is 0. The molecular formula is C21H43O13P. The van der Waals surface area contributed by atoms with Crippen molar-refractivity contribution in [2.45, 2.75) is 103 Å². The van der Waals surface area contributed by atoms with E-state index in [0.717, 1.165) is 38.5 Å². The SMILES string of the molecule is CCCCCCCCCC=C(OOOC)C(C)COOOOOOC1CCCCC1.O=P(O)(O)O. The molecule has 35 heavy (non-hydrogen) atoms. The van der Waals surface area contributed by atoms with E-state index < -0.39 is 7.82 Å². The van der Waals surface area contributed by atoms with Crippen molar-refractivity contribution >= 4 is 7.82 Å². The zero-order chi connectivity index (χ0) is 26.2. The molecule has 1 rings (SSSR count). The molecule has 1 aliphatic rings. The number of hydrogen-bond acceptors (Lipinski definition) is 10. The standard InChI is InChI=1S/C21H40O9.H3O4P/c1-4-5-6-7-8-9-10-14-17-21(25-26-22-3)19(2)18-23-27-29-30-28-24-20-15-12-11-13-16-20;1-5(2,3)4/h17,19-20H,4-16,18H2,1-3H3;(H3,1,2,3,4). The minimum absolute atomic E-state index is 0.0188. The van der Waals surface area contributed by atoms with Gasteiger partial charge in [0.25, 0.3) is 0 Å². The van der Waals surface area contributed by atoms with Crippen LogP contribution in [-0.2, 0) is 49.3 Å². The molecule has 210 valence electrons. The van der Waals surface area contributed by atoms with E-state index in [-0.39, 0.29) is 18.6 Å². The van der Waals surface area contributed by atoms with E-state index in [0.29, 0.717) is 5.76 Å². The number of allylic oxidation sites excluding steroid dienone is 1. The number of unbranched alkanes of at least 4 members (excludes halogenated alkanes) is 7. The third kappa shape index (κ3) is 26.2. The van der Waals surface area contributed by atoms with Crippen LogP contribution in [0.3, 0.4) is 0 Å². The molecule has 0 aliphatic heterocycles. The largest absolute Gasteiger partial charge is 0.466 e. The molecule has 1 saturated carbocycles. The molecule has 1 fully saturated rings. The molecule has 13 nitrogen and oxygen atoms in total. The average molecular weight is 535 g/mol. The van der Waals surface area contributed by atoms with Crippen LogP contribution in [0.25, 0.3) is 0 Å². The number of rotatable bonds is 20. The first-order valence-corrected chi connectivity index (χ1v) is 13.6. The fraction of sp³-hybridized carbons (Fsp3) is 0.905. The molecule has 0 saturated heterocycles. The molecule has 0 heterocycles. The van der Waals surface area contributed by atoms with Crippen molar-refractivity contribution in [2.75, 3.05) is 13.7 Å². The lowest BCUT2D eigenvalue weighted by atomic mass is 9.98. The van der Waals surface area contributed by atoms with Crippen LogP contribution >= 0.6 is 7.82 Å². The maximum absolute atomic E-state index is 8.88. The van der Waals surface area contributed by atoms with Crippen LogP contribution < -0.4 is 0 Å². The second kappa shape index (κ2) is 23.7. The minimum atomic E-state index is -4.64. The molecule has 1 aliphatic carbocycles. The van der Waals surface area contributed by atoms with E-state index in [1.165, 1.54) is 52.1 Å². The van der Waals surface area contributed by atoms with Gasteiger partial charge in [0.1, 0.15) is 5.76 Å². The van der Waals surface area contributed by atoms with Crippen LogP contribution in [0, 0.1) is 5.92 Å². The van der Waals surface area contributed by atoms with Crippen molar-refractivity contribution in [1.82, 2.24) is 0 Å². The summed E-state index contributed by atoms with van der Waals surface area (Å²) in [7, 11) is -3.27. The van der Waals surface area contributed by atoms with Gasteiger partial charge in [-0.1, -0.05) is 71.6 Å². The van der Waals surface area contributed by atoms with Gasteiger partial charge in [0, 0.05) is 5.92 Å². The van der Waals surface area contributed by atoms with Gasteiger partial charge >= 0.3 is 7.82 Å². The topological polar surface area (TPSA) is 161 Å². The Morgan fingerprint density at radius 3 is 2.14 bits per heavy atom. The highest BCUT2D eigenvalue weighted by atomic mass is 31.2. The number of phosphoric acid groups is 1.